The molecule has 0 aliphatic carbocycles. The number of nitrogens with zero attached hydrogens (tertiary/aromatic N) is 2. The topological polar surface area (TPSA) is 82.7 Å². The summed E-state index contributed by atoms with van der Waals surface area (Å²) in [5.74, 6) is 0. The zero-order valence-corrected chi connectivity index (χ0v) is 11.3. The van der Waals surface area contributed by atoms with E-state index < -0.39 is 0 Å². The third-order valence-electron chi connectivity index (χ3n) is 2.99. The summed E-state index contributed by atoms with van der Waals surface area (Å²) >= 11 is 0. The van der Waals surface area contributed by atoms with Crippen LogP contribution in [0.3, 0.4) is 0 Å². The van der Waals surface area contributed by atoms with Gasteiger partial charge in [-0.25, -0.2) is 0 Å². The molecule has 106 valence electrons. The quantitative estimate of drug-likeness (QED) is 0.745. The first-order chi connectivity index (χ1) is 9.90. The summed E-state index contributed by atoms with van der Waals surface area (Å²) in [5.41, 5.74) is 2.41. The van der Waals surface area contributed by atoms with Gasteiger partial charge in [0.05, 0.1) is 23.8 Å². The Labute approximate surface area is 118 Å². The molecule has 1 fully saturated rings. The van der Waals surface area contributed by atoms with Crippen LogP contribution in [0.15, 0.2) is 30.7 Å². The lowest BCUT2D eigenvalue weighted by atomic mass is 10.2. The van der Waals surface area contributed by atoms with Crippen molar-refractivity contribution < 1.29 is 4.79 Å². The Balaban J connectivity index is 0.000000205. The van der Waals surface area contributed by atoms with Gasteiger partial charge in [0.15, 0.2) is 0 Å². The number of amides is 1. The van der Waals surface area contributed by atoms with Gasteiger partial charge in [0, 0.05) is 11.8 Å². The van der Waals surface area contributed by atoms with Crippen molar-refractivity contribution in [2.45, 2.75) is 19.3 Å². The SMILES string of the molecule is C1CCNCC1.O=CNc1ccc(-c2cn[nH]c2)nc1. The van der Waals surface area contributed by atoms with Crippen molar-refractivity contribution in [3.63, 3.8) is 0 Å². The van der Waals surface area contributed by atoms with Crippen LogP contribution in [-0.2, 0) is 4.79 Å². The fraction of sp³-hybridized carbons (Fsp3) is 0.357. The fourth-order valence-electron chi connectivity index (χ4n) is 1.91. The molecule has 3 N–H and O–H groups in total. The van der Waals surface area contributed by atoms with Gasteiger partial charge < -0.3 is 10.6 Å². The summed E-state index contributed by atoms with van der Waals surface area (Å²) < 4.78 is 0. The summed E-state index contributed by atoms with van der Waals surface area (Å²) in [6.07, 6.45) is 9.88. The van der Waals surface area contributed by atoms with Gasteiger partial charge in [-0.15, -0.1) is 0 Å². The van der Waals surface area contributed by atoms with Crippen LogP contribution >= 0.6 is 0 Å². The van der Waals surface area contributed by atoms with Gasteiger partial charge in [-0.3, -0.25) is 14.9 Å². The highest BCUT2D eigenvalue weighted by Gasteiger charge is 1.99. The minimum absolute atomic E-state index is 0.620. The average molecular weight is 273 g/mol. The first-order valence-corrected chi connectivity index (χ1v) is 6.76. The number of anilines is 1. The number of rotatable bonds is 3. The maximum absolute atomic E-state index is 10.1. The summed E-state index contributed by atoms with van der Waals surface area (Å²) in [7, 11) is 0. The van der Waals surface area contributed by atoms with E-state index in [9.17, 15) is 4.79 Å². The van der Waals surface area contributed by atoms with Gasteiger partial charge in [-0.1, -0.05) is 6.42 Å². The molecule has 0 unspecified atom stereocenters. The Bertz CT molecular complexity index is 479. The van der Waals surface area contributed by atoms with E-state index >= 15 is 0 Å². The van der Waals surface area contributed by atoms with Crippen LogP contribution in [0.4, 0.5) is 5.69 Å². The van der Waals surface area contributed by atoms with Crippen LogP contribution in [0.25, 0.3) is 11.3 Å². The van der Waals surface area contributed by atoms with Crippen molar-refractivity contribution >= 4 is 12.1 Å². The molecule has 3 rings (SSSR count). The lowest BCUT2D eigenvalue weighted by Crippen LogP contribution is -2.21. The lowest BCUT2D eigenvalue weighted by Gasteiger charge is -2.08. The molecule has 0 atom stereocenters. The molecule has 1 saturated heterocycles. The van der Waals surface area contributed by atoms with Gasteiger partial charge in [0.2, 0.25) is 6.41 Å². The van der Waals surface area contributed by atoms with Gasteiger partial charge in [-0.05, 0) is 38.1 Å². The summed E-state index contributed by atoms with van der Waals surface area (Å²) in [4.78, 5) is 14.3. The summed E-state index contributed by atoms with van der Waals surface area (Å²) in [6.45, 7) is 2.50. The highest BCUT2D eigenvalue weighted by Crippen LogP contribution is 2.15. The molecule has 6 heteroatoms. The molecule has 2 aromatic heterocycles. The molecule has 0 saturated carbocycles. The maximum Gasteiger partial charge on any atom is 0.211 e. The smallest absolute Gasteiger partial charge is 0.211 e. The second-order valence-electron chi connectivity index (χ2n) is 4.49. The number of aromatic nitrogens is 3. The number of carbonyl (C=O) groups is 1. The molecule has 0 radical (unpaired) electrons. The van der Waals surface area contributed by atoms with Crippen LogP contribution in [0.2, 0.25) is 0 Å². The first kappa shape index (κ1) is 14.2. The summed E-state index contributed by atoms with van der Waals surface area (Å²) in [6, 6.07) is 3.60. The lowest BCUT2D eigenvalue weighted by molar-refractivity contribution is -0.105. The monoisotopic (exact) mass is 273 g/mol. The molecule has 0 aromatic carbocycles. The Morgan fingerprint density at radius 1 is 1.15 bits per heavy atom. The second kappa shape index (κ2) is 8.06. The molecule has 3 heterocycles. The third kappa shape index (κ3) is 4.47. The zero-order chi connectivity index (χ0) is 14.0. The van der Waals surface area contributed by atoms with E-state index in [4.69, 9.17) is 0 Å². The molecular formula is C14H19N5O. The minimum Gasteiger partial charge on any atom is -0.327 e. The Kier molecular flexibility index (Phi) is 5.72. The second-order valence-corrected chi connectivity index (χ2v) is 4.49. The molecule has 1 aliphatic heterocycles. The van der Waals surface area contributed by atoms with Crippen LogP contribution < -0.4 is 10.6 Å². The molecule has 6 nitrogen and oxygen atoms in total. The molecular weight excluding hydrogens is 254 g/mol. The van der Waals surface area contributed by atoms with Crippen LogP contribution in [-0.4, -0.2) is 34.7 Å². The van der Waals surface area contributed by atoms with Crippen molar-refractivity contribution in [1.29, 1.82) is 0 Å². The molecule has 0 spiro atoms. The van der Waals surface area contributed by atoms with Crippen molar-refractivity contribution in [3.8, 4) is 11.3 Å². The first-order valence-electron chi connectivity index (χ1n) is 6.76. The Morgan fingerprint density at radius 3 is 2.45 bits per heavy atom. The number of aromatic amines is 1. The highest BCUT2D eigenvalue weighted by molar-refractivity contribution is 5.71. The van der Waals surface area contributed by atoms with Crippen LogP contribution in [0.1, 0.15) is 19.3 Å². The van der Waals surface area contributed by atoms with E-state index in [2.05, 4.69) is 25.8 Å². The molecule has 1 aliphatic rings. The number of hydrogen-bond donors (Lipinski definition) is 3. The van der Waals surface area contributed by atoms with Crippen molar-refractivity contribution in [1.82, 2.24) is 20.5 Å². The minimum atomic E-state index is 0.620. The number of pyridine rings is 1. The van der Waals surface area contributed by atoms with Crippen molar-refractivity contribution in [2.75, 3.05) is 18.4 Å². The Hall–Kier alpha value is -2.21. The predicted molar refractivity (Wildman–Crippen MR) is 78.2 cm³/mol. The van der Waals surface area contributed by atoms with Gasteiger partial charge in [0.25, 0.3) is 0 Å². The highest BCUT2D eigenvalue weighted by atomic mass is 16.1. The normalized spacial score (nSPS) is 14.0. The summed E-state index contributed by atoms with van der Waals surface area (Å²) in [5, 5.41) is 12.3. The molecule has 0 bridgehead atoms. The van der Waals surface area contributed by atoms with Gasteiger partial charge >= 0.3 is 0 Å². The molecule has 20 heavy (non-hydrogen) atoms. The largest absolute Gasteiger partial charge is 0.327 e. The van der Waals surface area contributed by atoms with E-state index in [0.717, 1.165) is 11.3 Å². The van der Waals surface area contributed by atoms with Crippen LogP contribution in [0.5, 0.6) is 0 Å². The van der Waals surface area contributed by atoms with Gasteiger partial charge in [-0.2, -0.15) is 5.10 Å². The van der Waals surface area contributed by atoms with Crippen molar-refractivity contribution in [3.05, 3.63) is 30.7 Å². The van der Waals surface area contributed by atoms with E-state index in [0.29, 0.717) is 12.1 Å². The number of piperidine rings is 1. The van der Waals surface area contributed by atoms with E-state index in [1.165, 1.54) is 32.4 Å². The van der Waals surface area contributed by atoms with Crippen molar-refractivity contribution in [2.24, 2.45) is 0 Å². The predicted octanol–water partition coefficient (Wildman–Crippen LogP) is 1.80. The maximum atomic E-state index is 10.1. The molecule has 1 amide bonds. The number of hydrogen-bond acceptors (Lipinski definition) is 4. The van der Waals surface area contributed by atoms with Gasteiger partial charge in [0.1, 0.15) is 0 Å². The molecule has 2 aromatic rings. The fourth-order valence-corrected chi connectivity index (χ4v) is 1.91. The van der Waals surface area contributed by atoms with E-state index in [-0.39, 0.29) is 0 Å². The number of H-pyrrole nitrogens is 1. The number of carbonyl (C=O) groups excluding carboxylic acids is 1. The van der Waals surface area contributed by atoms with E-state index in [1.54, 1.807) is 24.7 Å². The number of nitrogens with one attached hydrogen (secondary N) is 3. The standard InChI is InChI=1S/C9H8N4O.C5H11N/c14-6-11-8-1-2-9(10-5-8)7-3-12-13-4-7;1-2-4-6-5-3-1/h1-6H,(H,11,14)(H,12,13);6H,1-5H2. The Morgan fingerprint density at radius 2 is 2.00 bits per heavy atom. The zero-order valence-electron chi connectivity index (χ0n) is 11.3. The average Bonchev–Trinajstić information content (AvgIpc) is 3.05. The van der Waals surface area contributed by atoms with Crippen LogP contribution in [0, 0.1) is 0 Å². The third-order valence-corrected chi connectivity index (χ3v) is 2.99. The van der Waals surface area contributed by atoms with E-state index in [1.807, 2.05) is 6.07 Å².